The van der Waals surface area contributed by atoms with E-state index < -0.39 is 21.7 Å². The maximum absolute atomic E-state index is 12.1. The lowest BCUT2D eigenvalue weighted by atomic mass is 10.2. The second-order valence-electron chi connectivity index (χ2n) is 4.81. The van der Waals surface area contributed by atoms with Crippen molar-refractivity contribution in [1.82, 2.24) is 0 Å². The lowest BCUT2D eigenvalue weighted by Crippen LogP contribution is -2.24. The molecule has 0 spiro atoms. The minimum atomic E-state index is -3.73. The lowest BCUT2D eigenvalue weighted by Gasteiger charge is -2.13. The van der Waals surface area contributed by atoms with E-state index in [1.165, 1.54) is 6.07 Å². The van der Waals surface area contributed by atoms with E-state index in [-0.39, 0.29) is 33.6 Å². The Kier molecular flexibility index (Phi) is 6.80. The molecule has 0 radical (unpaired) electrons. The Bertz CT molecular complexity index is 912. The highest BCUT2D eigenvalue weighted by Gasteiger charge is 2.22. The summed E-state index contributed by atoms with van der Waals surface area (Å²) in [5.41, 5.74) is 10.2. The minimum Gasteiger partial charge on any atom is -0.454 e. The summed E-state index contributed by atoms with van der Waals surface area (Å²) >= 11 is 6.12. The van der Waals surface area contributed by atoms with Crippen molar-refractivity contribution in [3.8, 4) is 11.5 Å². The molecule has 0 fully saturated rings. The molecule has 2 aromatic rings. The maximum Gasteiger partial charge on any atom is 0.280 e. The van der Waals surface area contributed by atoms with Gasteiger partial charge in [-0.15, -0.1) is 12.4 Å². The molecule has 0 saturated heterocycles. The van der Waals surface area contributed by atoms with Gasteiger partial charge in [0.1, 0.15) is 10.6 Å². The summed E-state index contributed by atoms with van der Waals surface area (Å²) in [6, 6.07) is 10.9. The number of carbonyl (C=O) groups is 1. The number of amides is 1. The third-order valence-corrected chi connectivity index (χ3v) is 4.23. The average molecular weight is 404 g/mol. The first kappa shape index (κ1) is 20.8. The van der Waals surface area contributed by atoms with Gasteiger partial charge in [0.15, 0.2) is 21.5 Å². The van der Waals surface area contributed by atoms with Crippen molar-refractivity contribution in [2.45, 2.75) is 4.90 Å². The Labute approximate surface area is 156 Å². The Morgan fingerprint density at radius 1 is 1.16 bits per heavy atom. The molecule has 0 aliphatic heterocycles. The third kappa shape index (κ3) is 5.35. The number of hydrogen-bond donors (Lipinski definition) is 2. The van der Waals surface area contributed by atoms with E-state index >= 15 is 0 Å². The number of aliphatic imine (C=N–C) groups is 1. The van der Waals surface area contributed by atoms with Gasteiger partial charge in [0, 0.05) is 11.8 Å². The summed E-state index contributed by atoms with van der Waals surface area (Å²) in [6.45, 7) is 0. The fourth-order valence-corrected chi connectivity index (χ4v) is 3.00. The molecule has 0 heterocycles. The zero-order valence-electron chi connectivity index (χ0n) is 13.0. The van der Waals surface area contributed by atoms with Crippen LogP contribution in [0.25, 0.3) is 0 Å². The van der Waals surface area contributed by atoms with Gasteiger partial charge in [-0.05, 0) is 24.3 Å². The van der Waals surface area contributed by atoms with Crippen molar-refractivity contribution in [2.24, 2.45) is 16.5 Å². The SMILES string of the molecule is CS(=O)(=O)c1cc(C(=O)N=C(N)N)cc(Cl)c1Oc1ccccc1.Cl. The first-order valence-corrected chi connectivity index (χ1v) is 8.86. The molecule has 10 heteroatoms. The van der Waals surface area contributed by atoms with Crippen LogP contribution in [0.15, 0.2) is 52.4 Å². The van der Waals surface area contributed by atoms with Gasteiger partial charge in [-0.2, -0.15) is 4.99 Å². The van der Waals surface area contributed by atoms with Crippen molar-refractivity contribution >= 4 is 45.7 Å². The largest absolute Gasteiger partial charge is 0.454 e. The van der Waals surface area contributed by atoms with Gasteiger partial charge in [-0.25, -0.2) is 8.42 Å². The molecule has 0 saturated carbocycles. The molecule has 0 bridgehead atoms. The Morgan fingerprint density at radius 3 is 2.28 bits per heavy atom. The number of hydrogen-bond acceptors (Lipinski definition) is 4. The van der Waals surface area contributed by atoms with Gasteiger partial charge in [-0.1, -0.05) is 29.8 Å². The molecule has 25 heavy (non-hydrogen) atoms. The zero-order chi connectivity index (χ0) is 17.9. The van der Waals surface area contributed by atoms with Gasteiger partial charge in [0.2, 0.25) is 0 Å². The minimum absolute atomic E-state index is 0. The van der Waals surface area contributed by atoms with Gasteiger partial charge >= 0.3 is 0 Å². The van der Waals surface area contributed by atoms with Crippen molar-refractivity contribution in [1.29, 1.82) is 0 Å². The molecule has 0 aromatic heterocycles. The second kappa shape index (κ2) is 8.19. The summed E-state index contributed by atoms with van der Waals surface area (Å²) in [4.78, 5) is 15.0. The number of nitrogens with two attached hydrogens (primary N) is 2. The van der Waals surface area contributed by atoms with Crippen LogP contribution in [-0.4, -0.2) is 26.5 Å². The van der Waals surface area contributed by atoms with E-state index in [1.54, 1.807) is 30.3 Å². The normalized spacial score (nSPS) is 10.5. The van der Waals surface area contributed by atoms with Crippen molar-refractivity contribution in [2.75, 3.05) is 6.26 Å². The van der Waals surface area contributed by atoms with Gasteiger partial charge in [-0.3, -0.25) is 4.79 Å². The quantitative estimate of drug-likeness (QED) is 0.595. The number of guanidine groups is 1. The van der Waals surface area contributed by atoms with Crippen LogP contribution in [0.4, 0.5) is 0 Å². The molecule has 0 unspecified atom stereocenters. The second-order valence-corrected chi connectivity index (χ2v) is 7.21. The van der Waals surface area contributed by atoms with E-state index in [9.17, 15) is 13.2 Å². The highest BCUT2D eigenvalue weighted by molar-refractivity contribution is 7.90. The van der Waals surface area contributed by atoms with E-state index in [4.69, 9.17) is 27.8 Å². The summed E-state index contributed by atoms with van der Waals surface area (Å²) in [6.07, 6.45) is 0.978. The average Bonchev–Trinajstić information content (AvgIpc) is 2.48. The molecular formula is C15H15Cl2N3O4S. The zero-order valence-corrected chi connectivity index (χ0v) is 15.4. The standard InChI is InChI=1S/C15H14ClN3O4S.ClH/c1-24(21,22)12-8-9(14(20)19-15(17)18)7-11(16)13(12)23-10-5-3-2-4-6-10;/h2-8H,1H3,(H4,17,18,19,20);1H. The lowest BCUT2D eigenvalue weighted by molar-refractivity contribution is 0.100. The number of para-hydroxylation sites is 1. The number of halogens is 2. The molecule has 134 valence electrons. The van der Waals surface area contributed by atoms with Crippen LogP contribution in [0.2, 0.25) is 5.02 Å². The number of sulfone groups is 1. The molecule has 1 amide bonds. The predicted octanol–water partition coefficient (Wildman–Crippen LogP) is 2.37. The molecular weight excluding hydrogens is 389 g/mol. The van der Waals surface area contributed by atoms with Crippen molar-refractivity contribution in [3.63, 3.8) is 0 Å². The Morgan fingerprint density at radius 2 is 1.76 bits per heavy atom. The topological polar surface area (TPSA) is 125 Å². The molecule has 2 rings (SSSR count). The van der Waals surface area contributed by atoms with Gasteiger partial charge in [0.25, 0.3) is 5.91 Å². The summed E-state index contributed by atoms with van der Waals surface area (Å²) in [5, 5.41) is -0.0593. The molecule has 0 aliphatic carbocycles. The van der Waals surface area contributed by atoms with Crippen LogP contribution in [0, 0.1) is 0 Å². The highest BCUT2D eigenvalue weighted by atomic mass is 35.5. The highest BCUT2D eigenvalue weighted by Crippen LogP contribution is 2.37. The number of carbonyl (C=O) groups excluding carboxylic acids is 1. The summed E-state index contributed by atoms with van der Waals surface area (Å²) in [7, 11) is -3.73. The van der Waals surface area contributed by atoms with Crippen LogP contribution < -0.4 is 16.2 Å². The van der Waals surface area contributed by atoms with Crippen LogP contribution >= 0.6 is 24.0 Å². The number of benzene rings is 2. The summed E-state index contributed by atoms with van der Waals surface area (Å²) in [5.74, 6) is -0.936. The maximum atomic E-state index is 12.1. The predicted molar refractivity (Wildman–Crippen MR) is 98.5 cm³/mol. The van der Waals surface area contributed by atoms with E-state index in [2.05, 4.69) is 4.99 Å². The number of ether oxygens (including phenoxy) is 1. The van der Waals surface area contributed by atoms with Gasteiger partial charge in [0.05, 0.1) is 5.02 Å². The Balaban J connectivity index is 0.00000312. The molecule has 4 N–H and O–H groups in total. The van der Waals surface area contributed by atoms with E-state index in [0.29, 0.717) is 5.75 Å². The monoisotopic (exact) mass is 403 g/mol. The van der Waals surface area contributed by atoms with E-state index in [0.717, 1.165) is 12.3 Å². The molecule has 7 nitrogen and oxygen atoms in total. The van der Waals surface area contributed by atoms with Gasteiger partial charge < -0.3 is 16.2 Å². The smallest absolute Gasteiger partial charge is 0.280 e. The third-order valence-electron chi connectivity index (χ3n) is 2.85. The van der Waals surface area contributed by atoms with Crippen LogP contribution in [0.5, 0.6) is 11.5 Å². The fraction of sp³-hybridized carbons (Fsp3) is 0.0667. The summed E-state index contributed by atoms with van der Waals surface area (Å²) < 4.78 is 29.7. The fourth-order valence-electron chi connectivity index (χ4n) is 1.85. The van der Waals surface area contributed by atoms with Crippen LogP contribution in [0.1, 0.15) is 10.4 Å². The van der Waals surface area contributed by atoms with Crippen LogP contribution in [-0.2, 0) is 9.84 Å². The number of nitrogens with zero attached hydrogens (tertiary/aromatic N) is 1. The van der Waals surface area contributed by atoms with Crippen molar-refractivity contribution < 1.29 is 17.9 Å². The molecule has 2 aromatic carbocycles. The Hall–Kier alpha value is -2.29. The first-order chi connectivity index (χ1) is 11.2. The van der Waals surface area contributed by atoms with Crippen LogP contribution in [0.3, 0.4) is 0 Å². The van der Waals surface area contributed by atoms with E-state index in [1.807, 2.05) is 0 Å². The first-order valence-electron chi connectivity index (χ1n) is 6.59. The van der Waals surface area contributed by atoms with Crippen molar-refractivity contribution in [3.05, 3.63) is 53.1 Å². The molecule has 0 atom stereocenters. The number of rotatable bonds is 4. The molecule has 0 aliphatic rings.